The molecule has 1 heterocycles. The molecule has 2 rings (SSSR count). The van der Waals surface area contributed by atoms with Crippen LogP contribution in [0.15, 0.2) is 40.8 Å². The molecule has 0 aliphatic rings. The topological polar surface area (TPSA) is 25.2 Å². The first kappa shape index (κ1) is 12.6. The van der Waals surface area contributed by atoms with Gasteiger partial charge in [-0.15, -0.1) is 0 Å². The highest BCUT2D eigenvalue weighted by molar-refractivity contribution is 14.1. The van der Waals surface area contributed by atoms with Gasteiger partial charge in [0.25, 0.3) is 0 Å². The first-order chi connectivity index (χ1) is 8.29. The maximum atomic E-state index is 5.79. The molecule has 17 heavy (non-hydrogen) atoms. The van der Waals surface area contributed by atoms with Crippen LogP contribution >= 0.6 is 22.6 Å². The van der Waals surface area contributed by atoms with Crippen LogP contribution in [0.3, 0.4) is 0 Å². The Bertz CT molecular complexity index is 461. The van der Waals surface area contributed by atoms with Gasteiger partial charge in [-0.1, -0.05) is 19.1 Å². The number of hydrogen-bond acceptors (Lipinski definition) is 2. The van der Waals surface area contributed by atoms with Crippen LogP contribution in [0, 0.1) is 3.57 Å². The van der Waals surface area contributed by atoms with Crippen molar-refractivity contribution in [3.63, 3.8) is 0 Å². The Morgan fingerprint density at radius 3 is 2.59 bits per heavy atom. The third kappa shape index (κ3) is 3.57. The summed E-state index contributed by atoms with van der Waals surface area (Å²) in [6.07, 6.45) is 1.14. The summed E-state index contributed by atoms with van der Waals surface area (Å²) in [5.41, 5.74) is 1.13. The summed E-state index contributed by atoms with van der Waals surface area (Å²) in [5, 5.41) is 3.33. The van der Waals surface area contributed by atoms with Crippen LogP contribution < -0.4 is 5.32 Å². The third-order valence-electron chi connectivity index (χ3n) is 2.52. The van der Waals surface area contributed by atoms with E-state index in [9.17, 15) is 0 Å². The van der Waals surface area contributed by atoms with Gasteiger partial charge in [-0.3, -0.25) is 0 Å². The normalized spacial score (nSPS) is 10.7. The van der Waals surface area contributed by atoms with Crippen molar-refractivity contribution in [2.45, 2.75) is 19.9 Å². The van der Waals surface area contributed by atoms with E-state index in [1.54, 1.807) is 0 Å². The SMILES string of the molecule is CCCNCc1ccc(-c2ccc(I)cc2)o1. The van der Waals surface area contributed by atoms with Gasteiger partial charge in [-0.05, 0) is 59.8 Å². The van der Waals surface area contributed by atoms with Crippen molar-refractivity contribution in [2.75, 3.05) is 6.54 Å². The molecule has 0 bridgehead atoms. The van der Waals surface area contributed by atoms with Crippen LogP contribution in [-0.2, 0) is 6.54 Å². The first-order valence-corrected chi connectivity index (χ1v) is 6.93. The first-order valence-electron chi connectivity index (χ1n) is 5.85. The lowest BCUT2D eigenvalue weighted by molar-refractivity contribution is 0.493. The Morgan fingerprint density at radius 1 is 1.12 bits per heavy atom. The molecule has 0 unspecified atom stereocenters. The summed E-state index contributed by atoms with van der Waals surface area (Å²) in [6.45, 7) is 3.99. The molecule has 0 radical (unpaired) electrons. The van der Waals surface area contributed by atoms with Gasteiger partial charge in [-0.2, -0.15) is 0 Å². The Hall–Kier alpha value is -0.810. The fourth-order valence-electron chi connectivity index (χ4n) is 1.63. The number of benzene rings is 1. The second kappa shape index (κ2) is 6.21. The molecule has 0 atom stereocenters. The summed E-state index contributed by atoms with van der Waals surface area (Å²) in [6, 6.07) is 12.4. The number of rotatable bonds is 5. The smallest absolute Gasteiger partial charge is 0.134 e. The summed E-state index contributed by atoms with van der Waals surface area (Å²) in [4.78, 5) is 0. The standard InChI is InChI=1S/C14H16INO/c1-2-9-16-10-13-7-8-14(17-13)11-3-5-12(15)6-4-11/h3-8,16H,2,9-10H2,1H3. The quantitative estimate of drug-likeness (QED) is 0.656. The largest absolute Gasteiger partial charge is 0.460 e. The average Bonchev–Trinajstić information content (AvgIpc) is 2.79. The number of hydrogen-bond donors (Lipinski definition) is 1. The predicted molar refractivity (Wildman–Crippen MR) is 78.9 cm³/mol. The van der Waals surface area contributed by atoms with Crippen molar-refractivity contribution in [1.82, 2.24) is 5.32 Å². The second-order valence-electron chi connectivity index (χ2n) is 3.95. The zero-order valence-corrected chi connectivity index (χ0v) is 12.0. The summed E-state index contributed by atoms with van der Waals surface area (Å²) >= 11 is 2.30. The van der Waals surface area contributed by atoms with Gasteiger partial charge in [0.1, 0.15) is 11.5 Å². The van der Waals surface area contributed by atoms with Crippen LogP contribution in [0.1, 0.15) is 19.1 Å². The monoisotopic (exact) mass is 341 g/mol. The molecular formula is C14H16INO. The van der Waals surface area contributed by atoms with Gasteiger partial charge < -0.3 is 9.73 Å². The van der Waals surface area contributed by atoms with E-state index in [1.165, 1.54) is 3.57 Å². The number of halogens is 1. The van der Waals surface area contributed by atoms with E-state index >= 15 is 0 Å². The van der Waals surface area contributed by atoms with Crippen molar-refractivity contribution in [1.29, 1.82) is 0 Å². The molecule has 1 aromatic carbocycles. The van der Waals surface area contributed by atoms with E-state index in [0.717, 1.165) is 36.6 Å². The third-order valence-corrected chi connectivity index (χ3v) is 3.24. The van der Waals surface area contributed by atoms with Crippen molar-refractivity contribution in [3.8, 4) is 11.3 Å². The van der Waals surface area contributed by atoms with Gasteiger partial charge in [0.05, 0.1) is 6.54 Å². The average molecular weight is 341 g/mol. The van der Waals surface area contributed by atoms with Crippen molar-refractivity contribution >= 4 is 22.6 Å². The highest BCUT2D eigenvalue weighted by Gasteiger charge is 2.04. The maximum Gasteiger partial charge on any atom is 0.134 e. The van der Waals surface area contributed by atoms with E-state index in [4.69, 9.17) is 4.42 Å². The molecule has 0 amide bonds. The second-order valence-corrected chi connectivity index (χ2v) is 5.20. The van der Waals surface area contributed by atoms with E-state index in [2.05, 4.69) is 59.1 Å². The zero-order valence-electron chi connectivity index (χ0n) is 9.87. The van der Waals surface area contributed by atoms with Crippen LogP contribution in [-0.4, -0.2) is 6.54 Å². The summed E-state index contributed by atoms with van der Waals surface area (Å²) in [7, 11) is 0. The van der Waals surface area contributed by atoms with Gasteiger partial charge in [-0.25, -0.2) is 0 Å². The van der Waals surface area contributed by atoms with Gasteiger partial charge in [0, 0.05) is 9.13 Å². The van der Waals surface area contributed by atoms with E-state index in [0.29, 0.717) is 0 Å². The minimum Gasteiger partial charge on any atom is -0.460 e. The molecular weight excluding hydrogens is 325 g/mol. The molecule has 90 valence electrons. The molecule has 2 nitrogen and oxygen atoms in total. The van der Waals surface area contributed by atoms with Gasteiger partial charge >= 0.3 is 0 Å². The molecule has 0 saturated carbocycles. The van der Waals surface area contributed by atoms with Crippen LogP contribution in [0.4, 0.5) is 0 Å². The van der Waals surface area contributed by atoms with E-state index < -0.39 is 0 Å². The molecule has 3 heteroatoms. The molecule has 1 N–H and O–H groups in total. The van der Waals surface area contributed by atoms with Crippen LogP contribution in [0.5, 0.6) is 0 Å². The predicted octanol–water partition coefficient (Wildman–Crippen LogP) is 4.05. The summed E-state index contributed by atoms with van der Waals surface area (Å²) in [5.74, 6) is 1.93. The van der Waals surface area contributed by atoms with Crippen molar-refractivity contribution in [3.05, 3.63) is 45.7 Å². The molecule has 0 fully saturated rings. The Kier molecular flexibility index (Phi) is 4.62. The summed E-state index contributed by atoms with van der Waals surface area (Å²) < 4.78 is 7.03. The molecule has 0 spiro atoms. The maximum absolute atomic E-state index is 5.79. The Morgan fingerprint density at radius 2 is 1.88 bits per heavy atom. The Labute approximate surface area is 116 Å². The van der Waals surface area contributed by atoms with Crippen LogP contribution in [0.2, 0.25) is 0 Å². The highest BCUT2D eigenvalue weighted by Crippen LogP contribution is 2.22. The van der Waals surface area contributed by atoms with Crippen molar-refractivity contribution < 1.29 is 4.42 Å². The number of furan rings is 1. The fraction of sp³-hybridized carbons (Fsp3) is 0.286. The lowest BCUT2D eigenvalue weighted by Crippen LogP contribution is -2.12. The lowest BCUT2D eigenvalue weighted by atomic mass is 10.2. The number of nitrogens with one attached hydrogen (secondary N) is 1. The van der Waals surface area contributed by atoms with E-state index in [1.807, 2.05) is 12.1 Å². The molecule has 1 aromatic heterocycles. The van der Waals surface area contributed by atoms with Gasteiger partial charge in [0.2, 0.25) is 0 Å². The Balaban J connectivity index is 2.04. The molecule has 0 aliphatic carbocycles. The van der Waals surface area contributed by atoms with E-state index in [-0.39, 0.29) is 0 Å². The zero-order chi connectivity index (χ0) is 12.1. The molecule has 0 saturated heterocycles. The lowest BCUT2D eigenvalue weighted by Gasteiger charge is -2.00. The molecule has 0 aliphatic heterocycles. The molecule has 2 aromatic rings. The highest BCUT2D eigenvalue weighted by atomic mass is 127. The fourth-order valence-corrected chi connectivity index (χ4v) is 1.99. The van der Waals surface area contributed by atoms with Crippen molar-refractivity contribution in [2.24, 2.45) is 0 Å². The van der Waals surface area contributed by atoms with Gasteiger partial charge in [0.15, 0.2) is 0 Å². The minimum absolute atomic E-state index is 0.804. The van der Waals surface area contributed by atoms with Crippen LogP contribution in [0.25, 0.3) is 11.3 Å². The minimum atomic E-state index is 0.804.